The Labute approximate surface area is 270 Å². The molecule has 0 saturated carbocycles. The van der Waals surface area contributed by atoms with Gasteiger partial charge >= 0.3 is 5.97 Å². The predicted octanol–water partition coefficient (Wildman–Crippen LogP) is 6.81. The number of methoxy groups -OCH3 is 1. The SMILES string of the molecule is CC.COc1ccc(-c2ccc3c(N4CCOCC4)nc(C(C#N)C(=O)OC(C)(C)C)nc3n2)cc1COS(C)(C)C(C)(C)C. The number of rotatable bonds is 8. The number of benzene rings is 1. The lowest BCUT2D eigenvalue weighted by Crippen LogP contribution is -2.37. The molecule has 246 valence electrons. The van der Waals surface area contributed by atoms with Crippen molar-refractivity contribution < 1.29 is 23.2 Å². The van der Waals surface area contributed by atoms with Crippen LogP contribution in [0.25, 0.3) is 22.3 Å². The van der Waals surface area contributed by atoms with E-state index < -0.39 is 27.8 Å². The molecule has 1 fully saturated rings. The van der Waals surface area contributed by atoms with Crippen LogP contribution < -0.4 is 9.64 Å². The molecule has 0 N–H and O–H groups in total. The first kappa shape index (κ1) is 36.0. The number of nitrogens with zero attached hydrogens (tertiary/aromatic N) is 5. The van der Waals surface area contributed by atoms with E-state index in [9.17, 15) is 10.1 Å². The van der Waals surface area contributed by atoms with Gasteiger partial charge in [-0.3, -0.25) is 4.79 Å². The van der Waals surface area contributed by atoms with E-state index >= 15 is 0 Å². The molecule has 1 aromatic carbocycles. The number of fused-ring (bicyclic) bond motifs is 1. The Bertz CT molecular complexity index is 1520. The Hall–Kier alpha value is -3.46. The maximum Gasteiger partial charge on any atom is 0.331 e. The number of esters is 1. The monoisotopic (exact) mass is 639 g/mol. The third kappa shape index (κ3) is 8.84. The second kappa shape index (κ2) is 14.8. The molecular weight excluding hydrogens is 590 g/mol. The lowest BCUT2D eigenvalue weighted by atomic mass is 10.1. The van der Waals surface area contributed by atoms with Crippen molar-refractivity contribution in [3.8, 4) is 23.1 Å². The molecule has 0 radical (unpaired) electrons. The number of anilines is 1. The summed E-state index contributed by atoms with van der Waals surface area (Å²) in [7, 11) is 0.307. The minimum absolute atomic E-state index is 0.0218. The first-order valence-electron chi connectivity index (χ1n) is 15.3. The zero-order valence-electron chi connectivity index (χ0n) is 28.7. The van der Waals surface area contributed by atoms with Crippen molar-refractivity contribution in [3.63, 3.8) is 0 Å². The Kier molecular flexibility index (Phi) is 11.8. The van der Waals surface area contributed by atoms with Gasteiger partial charge in [-0.15, -0.1) is 10.3 Å². The van der Waals surface area contributed by atoms with Gasteiger partial charge in [0.05, 0.1) is 44.1 Å². The molecule has 4 rings (SSSR count). The molecular formula is C34H49N5O5S. The van der Waals surface area contributed by atoms with Crippen molar-refractivity contribution in [2.45, 2.75) is 78.3 Å². The van der Waals surface area contributed by atoms with Crippen molar-refractivity contribution in [1.29, 1.82) is 5.26 Å². The Balaban J connectivity index is 0.00000271. The normalized spacial score (nSPS) is 15.0. The lowest BCUT2D eigenvalue weighted by molar-refractivity contribution is -0.155. The largest absolute Gasteiger partial charge is 0.496 e. The topological polar surface area (TPSA) is 120 Å². The van der Waals surface area contributed by atoms with Gasteiger partial charge in [-0.05, 0) is 63.6 Å². The van der Waals surface area contributed by atoms with Crippen LogP contribution >= 0.6 is 10.3 Å². The van der Waals surface area contributed by atoms with Gasteiger partial charge in [0.2, 0.25) is 5.92 Å². The minimum atomic E-state index is -1.34. The van der Waals surface area contributed by atoms with Crippen LogP contribution in [0.3, 0.4) is 0 Å². The highest BCUT2D eigenvalue weighted by molar-refractivity contribution is 8.29. The highest BCUT2D eigenvalue weighted by atomic mass is 32.3. The van der Waals surface area contributed by atoms with Crippen LogP contribution in [-0.4, -0.2) is 77.2 Å². The molecule has 1 aliphatic rings. The summed E-state index contributed by atoms with van der Waals surface area (Å²) >= 11 is 0. The number of carbonyl (C=O) groups is 1. The number of carbonyl (C=O) groups excluding carboxylic acids is 1. The summed E-state index contributed by atoms with van der Waals surface area (Å²) in [5.41, 5.74) is 2.09. The number of hydrogen-bond donors (Lipinski definition) is 0. The fourth-order valence-corrected chi connectivity index (χ4v) is 5.11. The van der Waals surface area contributed by atoms with Crippen molar-refractivity contribution >= 4 is 33.1 Å². The molecule has 1 saturated heterocycles. The third-order valence-electron chi connectivity index (χ3n) is 7.46. The smallest absolute Gasteiger partial charge is 0.331 e. The van der Waals surface area contributed by atoms with E-state index in [1.54, 1.807) is 27.9 Å². The van der Waals surface area contributed by atoms with Gasteiger partial charge in [0.15, 0.2) is 11.5 Å². The summed E-state index contributed by atoms with van der Waals surface area (Å²) in [5.74, 6) is -0.582. The lowest BCUT2D eigenvalue weighted by Gasteiger charge is -2.43. The molecule has 0 spiro atoms. The van der Waals surface area contributed by atoms with E-state index in [-0.39, 0.29) is 10.6 Å². The number of pyridine rings is 1. The zero-order chi connectivity index (χ0) is 33.6. The van der Waals surface area contributed by atoms with E-state index in [0.29, 0.717) is 50.1 Å². The molecule has 1 aliphatic heterocycles. The van der Waals surface area contributed by atoms with E-state index in [1.165, 1.54) is 0 Å². The summed E-state index contributed by atoms with van der Waals surface area (Å²) < 4.78 is 23.2. The van der Waals surface area contributed by atoms with Crippen LogP contribution in [0.4, 0.5) is 5.82 Å². The van der Waals surface area contributed by atoms with Crippen molar-refractivity contribution in [2.75, 3.05) is 50.8 Å². The van der Waals surface area contributed by atoms with Crippen LogP contribution in [0.15, 0.2) is 30.3 Å². The minimum Gasteiger partial charge on any atom is -0.496 e. The average molecular weight is 640 g/mol. The van der Waals surface area contributed by atoms with E-state index in [0.717, 1.165) is 22.3 Å². The highest BCUT2D eigenvalue weighted by Gasteiger charge is 2.32. The van der Waals surface area contributed by atoms with Crippen LogP contribution in [0, 0.1) is 11.3 Å². The van der Waals surface area contributed by atoms with Crippen LogP contribution in [-0.2, 0) is 25.1 Å². The second-order valence-corrected chi connectivity index (χ2v) is 16.7. The molecule has 1 atom stereocenters. The molecule has 3 aromatic rings. The van der Waals surface area contributed by atoms with Gasteiger partial charge in [-0.1, -0.05) is 34.6 Å². The molecule has 0 bridgehead atoms. The zero-order valence-corrected chi connectivity index (χ0v) is 29.5. The summed E-state index contributed by atoms with van der Waals surface area (Å²) in [6.07, 6.45) is 4.34. The molecule has 3 heterocycles. The standard InChI is InChI=1S/C32H43N5O5S.C2H6/c1-31(2,3)42-30(38)24(19-33)28-35-27-23(29(36-28)37-14-16-40-17-15-37)11-12-25(34-27)21-10-13-26(39-7)22(18-21)20-41-43(8,9)32(4,5)6;1-2/h10-13,18,24H,14-17,20H2,1-9H3;1-2H3. The maximum absolute atomic E-state index is 13.0. The highest BCUT2D eigenvalue weighted by Crippen LogP contribution is 2.54. The molecule has 0 aliphatic carbocycles. The maximum atomic E-state index is 13.0. The van der Waals surface area contributed by atoms with E-state index in [2.05, 4.69) is 43.2 Å². The van der Waals surface area contributed by atoms with E-state index in [4.69, 9.17) is 28.4 Å². The fourth-order valence-electron chi connectivity index (χ4n) is 4.33. The Morgan fingerprint density at radius 1 is 1.04 bits per heavy atom. The quantitative estimate of drug-likeness (QED) is 0.243. The van der Waals surface area contributed by atoms with Gasteiger partial charge in [-0.25, -0.2) is 15.0 Å². The molecule has 1 unspecified atom stereocenters. The summed E-state index contributed by atoms with van der Waals surface area (Å²) in [5, 5.41) is 10.7. The number of morpholine rings is 1. The third-order valence-corrected chi connectivity index (χ3v) is 11.1. The first-order chi connectivity index (χ1) is 21.1. The number of hydrogen-bond acceptors (Lipinski definition) is 10. The van der Waals surface area contributed by atoms with Gasteiger partial charge in [0, 0.05) is 29.0 Å². The Morgan fingerprint density at radius 2 is 1.71 bits per heavy atom. The fraction of sp³-hybridized carbons (Fsp3) is 0.559. The van der Waals surface area contributed by atoms with Crippen molar-refractivity contribution in [2.24, 2.45) is 0 Å². The van der Waals surface area contributed by atoms with Crippen molar-refractivity contribution in [1.82, 2.24) is 15.0 Å². The van der Waals surface area contributed by atoms with Crippen LogP contribution in [0.5, 0.6) is 5.75 Å². The molecule has 10 nitrogen and oxygen atoms in total. The van der Waals surface area contributed by atoms with E-state index in [1.807, 2.05) is 50.2 Å². The predicted molar refractivity (Wildman–Crippen MR) is 182 cm³/mol. The first-order valence-corrected chi connectivity index (χ1v) is 17.7. The molecule has 0 amide bonds. The van der Waals surface area contributed by atoms with Gasteiger partial charge in [0.1, 0.15) is 17.2 Å². The number of ether oxygens (including phenoxy) is 3. The molecule has 11 heteroatoms. The average Bonchev–Trinajstić information content (AvgIpc) is 2.99. The Morgan fingerprint density at radius 3 is 2.29 bits per heavy atom. The van der Waals surface area contributed by atoms with Crippen LogP contribution in [0.1, 0.15) is 72.7 Å². The van der Waals surface area contributed by atoms with Crippen molar-refractivity contribution in [3.05, 3.63) is 41.7 Å². The van der Waals surface area contributed by atoms with Gasteiger partial charge < -0.3 is 23.3 Å². The summed E-state index contributed by atoms with van der Waals surface area (Å²) in [6, 6.07) is 11.8. The number of aromatic nitrogens is 3. The van der Waals surface area contributed by atoms with Gasteiger partial charge in [-0.2, -0.15) is 5.26 Å². The van der Waals surface area contributed by atoms with Crippen LogP contribution in [0.2, 0.25) is 0 Å². The molecule has 2 aromatic heterocycles. The molecule has 45 heavy (non-hydrogen) atoms. The second-order valence-electron chi connectivity index (χ2n) is 12.8. The summed E-state index contributed by atoms with van der Waals surface area (Å²) in [4.78, 5) is 29.3. The summed E-state index contributed by atoms with van der Waals surface area (Å²) in [6.45, 7) is 18.6. The number of nitriles is 1. The van der Waals surface area contributed by atoms with Gasteiger partial charge in [0.25, 0.3) is 0 Å².